The van der Waals surface area contributed by atoms with Gasteiger partial charge in [-0.2, -0.15) is 0 Å². The van der Waals surface area contributed by atoms with Crippen LogP contribution in [0.4, 0.5) is 0 Å². The minimum Gasteiger partial charge on any atom is -0.0616 e. The fraction of sp³-hybridized carbons (Fsp3) is 0. The molecular weight excluding hydrogens is 480 g/mol. The lowest BCUT2D eigenvalue weighted by Crippen LogP contribution is -1.91. The summed E-state index contributed by atoms with van der Waals surface area (Å²) in [5.74, 6) is 0. The molecule has 0 bridgehead atoms. The molecule has 0 heterocycles. The van der Waals surface area contributed by atoms with Gasteiger partial charge in [0.25, 0.3) is 0 Å². The first-order chi connectivity index (χ1) is 20.7. The topological polar surface area (TPSA) is 0 Å². The molecule has 0 amide bonds. The molecule has 8 aromatic rings. The van der Waals surface area contributed by atoms with E-state index in [2.05, 4.69) is 121 Å². The third-order valence-electron chi connectivity index (χ3n) is 8.14. The van der Waals surface area contributed by atoms with E-state index in [1.807, 2.05) is 24.3 Å². The zero-order valence-electron chi connectivity index (χ0n) is 23.9. The summed E-state index contributed by atoms with van der Waals surface area (Å²) < 4.78 is 17.2. The van der Waals surface area contributed by atoms with Crippen molar-refractivity contribution in [1.29, 1.82) is 0 Å². The lowest BCUT2D eigenvalue weighted by molar-refractivity contribution is 1.63. The quantitative estimate of drug-likeness (QED) is 0.208. The molecule has 0 spiro atoms. The minimum absolute atomic E-state index is 0.483. The average Bonchev–Trinajstić information content (AvgIpc) is 3.03. The normalized spacial score (nSPS) is 12.2. The van der Waals surface area contributed by atoms with Crippen LogP contribution in [0.2, 0.25) is 0 Å². The van der Waals surface area contributed by atoms with Gasteiger partial charge in [0.05, 0.1) is 2.74 Å². The Labute approximate surface area is 236 Å². The van der Waals surface area contributed by atoms with Crippen molar-refractivity contribution < 1.29 is 2.74 Å². The first-order valence-corrected chi connectivity index (χ1v) is 13.7. The molecule has 8 aromatic carbocycles. The maximum Gasteiger partial charge on any atom is 0.0623 e. The molecule has 186 valence electrons. The number of benzene rings is 8. The third-order valence-corrected chi connectivity index (χ3v) is 8.14. The van der Waals surface area contributed by atoms with Crippen LogP contribution in [-0.2, 0) is 0 Å². The van der Waals surface area contributed by atoms with Crippen molar-refractivity contribution in [2.75, 3.05) is 0 Å². The van der Waals surface area contributed by atoms with Crippen molar-refractivity contribution in [3.05, 3.63) is 158 Å². The Hall–Kier alpha value is -5.20. The lowest BCUT2D eigenvalue weighted by Gasteiger charge is -2.19. The van der Waals surface area contributed by atoms with Crippen LogP contribution in [0.1, 0.15) is 2.74 Å². The molecule has 0 aromatic heterocycles. The van der Waals surface area contributed by atoms with E-state index in [-0.39, 0.29) is 0 Å². The van der Waals surface area contributed by atoms with E-state index < -0.39 is 0 Å². The largest absolute Gasteiger partial charge is 0.0623 e. The molecule has 0 nitrogen and oxygen atoms in total. The average molecular weight is 509 g/mol. The Balaban J connectivity index is 1.42. The molecule has 0 N–H and O–H groups in total. The van der Waals surface area contributed by atoms with Gasteiger partial charge in [-0.1, -0.05) is 158 Å². The smallest absolute Gasteiger partial charge is 0.0616 e. The van der Waals surface area contributed by atoms with Gasteiger partial charge in [0.2, 0.25) is 0 Å². The van der Waals surface area contributed by atoms with Crippen LogP contribution in [0.15, 0.2) is 158 Å². The van der Waals surface area contributed by atoms with Crippen LogP contribution in [0.5, 0.6) is 0 Å². The van der Waals surface area contributed by atoms with E-state index in [0.29, 0.717) is 12.1 Å². The second-order valence-corrected chi connectivity index (χ2v) is 10.3. The Bertz CT molecular complexity index is 2300. The molecule has 0 aliphatic carbocycles. The molecule has 0 saturated carbocycles. The SMILES string of the molecule is [2H]c1ccc2c(-c3cccc4ccccc34)c3cc([2H])ccc3c(-c3ccc(-c4cccc5ccccc45)cc3)c2c1. The van der Waals surface area contributed by atoms with Crippen molar-refractivity contribution in [1.82, 2.24) is 0 Å². The minimum atomic E-state index is 0.483. The van der Waals surface area contributed by atoms with Crippen molar-refractivity contribution in [2.24, 2.45) is 0 Å². The van der Waals surface area contributed by atoms with E-state index in [1.54, 1.807) is 0 Å². The van der Waals surface area contributed by atoms with Crippen LogP contribution in [0, 0.1) is 0 Å². The van der Waals surface area contributed by atoms with Gasteiger partial charge in [-0.15, -0.1) is 0 Å². The second-order valence-electron chi connectivity index (χ2n) is 10.3. The molecule has 0 radical (unpaired) electrons. The predicted octanol–water partition coefficient (Wildman–Crippen LogP) is 11.3. The van der Waals surface area contributed by atoms with Crippen molar-refractivity contribution >= 4 is 43.1 Å². The van der Waals surface area contributed by atoms with Crippen LogP contribution in [0.3, 0.4) is 0 Å². The fourth-order valence-electron chi connectivity index (χ4n) is 6.34. The summed E-state index contributed by atoms with van der Waals surface area (Å²) in [7, 11) is 0. The molecule has 8 rings (SSSR count). The first kappa shape index (κ1) is 20.7. The van der Waals surface area contributed by atoms with Gasteiger partial charge in [0.15, 0.2) is 0 Å². The van der Waals surface area contributed by atoms with Gasteiger partial charge < -0.3 is 0 Å². The highest BCUT2D eigenvalue weighted by Gasteiger charge is 2.17. The van der Waals surface area contributed by atoms with E-state index >= 15 is 0 Å². The summed E-state index contributed by atoms with van der Waals surface area (Å²) in [6, 6.07) is 51.6. The highest BCUT2D eigenvalue weighted by Crippen LogP contribution is 2.45. The van der Waals surface area contributed by atoms with E-state index in [1.165, 1.54) is 32.7 Å². The van der Waals surface area contributed by atoms with Crippen molar-refractivity contribution in [3.63, 3.8) is 0 Å². The zero-order chi connectivity index (χ0) is 28.2. The highest BCUT2D eigenvalue weighted by atomic mass is 14.2. The van der Waals surface area contributed by atoms with E-state index in [0.717, 1.165) is 43.8 Å². The monoisotopic (exact) mass is 508 g/mol. The standard InChI is InChI=1S/C40H26/c1-3-15-31-27(11-1)13-9-21-32(31)29-23-25-30(26-24-29)39-35-17-5-7-19-37(35)40(38-20-8-6-18-36(38)39)34-22-10-14-28-12-2-4-16-33(28)34/h1-26H/i5D,8D. The molecule has 0 heteroatoms. The molecule has 40 heavy (non-hydrogen) atoms. The maximum atomic E-state index is 8.58. The Kier molecular flexibility index (Phi) is 4.78. The van der Waals surface area contributed by atoms with Gasteiger partial charge in [0, 0.05) is 0 Å². The predicted molar refractivity (Wildman–Crippen MR) is 173 cm³/mol. The van der Waals surface area contributed by atoms with Gasteiger partial charge in [-0.25, -0.2) is 0 Å². The number of fused-ring (bicyclic) bond motifs is 4. The van der Waals surface area contributed by atoms with Crippen LogP contribution in [-0.4, -0.2) is 0 Å². The Morgan fingerprint density at radius 2 is 0.750 bits per heavy atom. The van der Waals surface area contributed by atoms with E-state index in [9.17, 15) is 0 Å². The Morgan fingerprint density at radius 1 is 0.300 bits per heavy atom. The van der Waals surface area contributed by atoms with Crippen LogP contribution >= 0.6 is 0 Å². The maximum absolute atomic E-state index is 8.58. The molecule has 0 atom stereocenters. The summed E-state index contributed by atoms with van der Waals surface area (Å²) in [6.07, 6.45) is 0. The fourth-order valence-corrected chi connectivity index (χ4v) is 6.34. The molecule has 0 saturated heterocycles. The van der Waals surface area contributed by atoms with Crippen LogP contribution < -0.4 is 0 Å². The highest BCUT2D eigenvalue weighted by molar-refractivity contribution is 6.23. The first-order valence-electron chi connectivity index (χ1n) is 14.7. The Morgan fingerprint density at radius 3 is 1.43 bits per heavy atom. The summed E-state index contributed by atoms with van der Waals surface area (Å²) in [4.78, 5) is 0. The molecule has 0 aliphatic heterocycles. The number of hydrogen-bond donors (Lipinski definition) is 0. The van der Waals surface area contributed by atoms with Gasteiger partial charge in [-0.05, 0) is 76.5 Å². The second kappa shape index (κ2) is 9.22. The number of rotatable bonds is 3. The van der Waals surface area contributed by atoms with Crippen LogP contribution in [0.25, 0.3) is 76.5 Å². The van der Waals surface area contributed by atoms with Gasteiger partial charge in [0.1, 0.15) is 0 Å². The lowest BCUT2D eigenvalue weighted by atomic mass is 9.84. The molecule has 0 aliphatic rings. The van der Waals surface area contributed by atoms with Crippen molar-refractivity contribution in [3.8, 4) is 33.4 Å². The summed E-state index contributed by atoms with van der Waals surface area (Å²) in [6.45, 7) is 0. The summed E-state index contributed by atoms with van der Waals surface area (Å²) in [5.41, 5.74) is 6.84. The summed E-state index contributed by atoms with van der Waals surface area (Å²) in [5, 5.41) is 9.12. The van der Waals surface area contributed by atoms with Gasteiger partial charge >= 0.3 is 0 Å². The molecular formula is C40H26. The summed E-state index contributed by atoms with van der Waals surface area (Å²) >= 11 is 0. The zero-order valence-corrected chi connectivity index (χ0v) is 21.9. The number of hydrogen-bond acceptors (Lipinski definition) is 0. The third kappa shape index (κ3) is 3.54. The molecule has 0 unspecified atom stereocenters. The van der Waals surface area contributed by atoms with Gasteiger partial charge in [-0.3, -0.25) is 0 Å². The molecule has 0 fully saturated rings. The van der Waals surface area contributed by atoms with E-state index in [4.69, 9.17) is 2.74 Å². The van der Waals surface area contributed by atoms with Crippen molar-refractivity contribution in [2.45, 2.75) is 0 Å².